The van der Waals surface area contributed by atoms with Crippen molar-refractivity contribution in [2.24, 2.45) is 0 Å². The highest BCUT2D eigenvalue weighted by atomic mass is 79.9. The van der Waals surface area contributed by atoms with Gasteiger partial charge in [0.2, 0.25) is 0 Å². The zero-order valence-electron chi connectivity index (χ0n) is 11.7. The summed E-state index contributed by atoms with van der Waals surface area (Å²) in [6.45, 7) is 2.52. The lowest BCUT2D eigenvalue weighted by Crippen LogP contribution is -2.32. The molecule has 2 rings (SSSR count). The van der Waals surface area contributed by atoms with Gasteiger partial charge >= 0.3 is 0 Å². The maximum absolute atomic E-state index is 12.7. The average Bonchev–Trinajstić information content (AvgIpc) is 2.45. The second-order valence-electron chi connectivity index (χ2n) is 4.68. The minimum atomic E-state index is -0.264. The Morgan fingerprint density at radius 2 is 2.00 bits per heavy atom. The van der Waals surface area contributed by atoms with E-state index in [4.69, 9.17) is 5.73 Å². The smallest absolute Gasteiger partial charge is 0.262 e. The molecule has 0 heterocycles. The van der Waals surface area contributed by atoms with Crippen LogP contribution in [0.4, 0.5) is 11.4 Å². The SMILES string of the molecule is CCCN(C(=O)c1ccc(Br)cc1O)c1ccccc1N. The van der Waals surface area contributed by atoms with Crippen molar-refractivity contribution in [3.8, 4) is 5.75 Å². The van der Waals surface area contributed by atoms with E-state index in [-0.39, 0.29) is 17.2 Å². The molecule has 0 radical (unpaired) electrons. The molecule has 0 aliphatic rings. The third-order valence-electron chi connectivity index (χ3n) is 3.11. The number of halogens is 1. The fourth-order valence-electron chi connectivity index (χ4n) is 2.12. The summed E-state index contributed by atoms with van der Waals surface area (Å²) in [5.41, 5.74) is 7.42. The van der Waals surface area contributed by atoms with Crippen LogP contribution in [0.3, 0.4) is 0 Å². The summed E-state index contributed by atoms with van der Waals surface area (Å²) in [6, 6.07) is 12.1. The molecule has 0 spiro atoms. The monoisotopic (exact) mass is 348 g/mol. The van der Waals surface area contributed by atoms with Gasteiger partial charge in [-0.3, -0.25) is 4.79 Å². The number of carbonyl (C=O) groups excluding carboxylic acids is 1. The molecule has 0 unspecified atom stereocenters. The molecule has 0 saturated heterocycles. The largest absolute Gasteiger partial charge is 0.507 e. The van der Waals surface area contributed by atoms with Crippen LogP contribution < -0.4 is 10.6 Å². The van der Waals surface area contributed by atoms with Crippen molar-refractivity contribution in [2.75, 3.05) is 17.2 Å². The van der Waals surface area contributed by atoms with Crippen molar-refractivity contribution in [3.63, 3.8) is 0 Å². The number of benzene rings is 2. The van der Waals surface area contributed by atoms with Gasteiger partial charge in [-0.15, -0.1) is 0 Å². The highest BCUT2D eigenvalue weighted by molar-refractivity contribution is 9.10. The first-order chi connectivity index (χ1) is 10.0. The van der Waals surface area contributed by atoms with Crippen LogP contribution >= 0.6 is 15.9 Å². The van der Waals surface area contributed by atoms with Crippen LogP contribution in [0.15, 0.2) is 46.9 Å². The molecule has 0 fully saturated rings. The Kier molecular flexibility index (Phi) is 4.85. The summed E-state index contributed by atoms with van der Waals surface area (Å²) < 4.78 is 0.720. The molecule has 0 aliphatic carbocycles. The Hall–Kier alpha value is -2.01. The van der Waals surface area contributed by atoms with E-state index in [1.807, 2.05) is 19.1 Å². The van der Waals surface area contributed by atoms with E-state index in [9.17, 15) is 9.90 Å². The summed E-state index contributed by atoms with van der Waals surface area (Å²) in [4.78, 5) is 14.3. The standard InChI is InChI=1S/C16H17BrN2O2/c1-2-9-19(14-6-4-3-5-13(14)18)16(21)12-8-7-11(17)10-15(12)20/h3-8,10,20H,2,9,18H2,1H3. The molecular formula is C16H17BrN2O2. The molecular weight excluding hydrogens is 332 g/mol. The van der Waals surface area contributed by atoms with Crippen molar-refractivity contribution in [1.29, 1.82) is 0 Å². The molecule has 2 aromatic carbocycles. The normalized spacial score (nSPS) is 10.4. The fraction of sp³-hybridized carbons (Fsp3) is 0.188. The molecule has 0 bridgehead atoms. The van der Waals surface area contributed by atoms with Crippen molar-refractivity contribution >= 4 is 33.2 Å². The van der Waals surface area contributed by atoms with Gasteiger partial charge < -0.3 is 15.7 Å². The number of para-hydroxylation sites is 2. The highest BCUT2D eigenvalue weighted by Crippen LogP contribution is 2.28. The Morgan fingerprint density at radius 1 is 1.29 bits per heavy atom. The van der Waals surface area contributed by atoms with Crippen LogP contribution in [-0.2, 0) is 0 Å². The number of nitrogens with two attached hydrogens (primary N) is 1. The van der Waals surface area contributed by atoms with Gasteiger partial charge in [0.1, 0.15) is 5.75 Å². The number of aromatic hydroxyl groups is 1. The molecule has 2 aromatic rings. The summed E-state index contributed by atoms with van der Waals surface area (Å²) in [5.74, 6) is -0.315. The van der Waals surface area contributed by atoms with E-state index >= 15 is 0 Å². The van der Waals surface area contributed by atoms with E-state index in [2.05, 4.69) is 15.9 Å². The van der Waals surface area contributed by atoms with Crippen molar-refractivity contribution in [3.05, 3.63) is 52.5 Å². The summed E-state index contributed by atoms with van der Waals surface area (Å²) in [7, 11) is 0. The van der Waals surface area contributed by atoms with E-state index in [1.165, 1.54) is 6.07 Å². The number of phenolic OH excluding ortho intramolecular Hbond substituents is 1. The number of anilines is 2. The zero-order valence-corrected chi connectivity index (χ0v) is 13.3. The lowest BCUT2D eigenvalue weighted by atomic mass is 10.1. The topological polar surface area (TPSA) is 66.6 Å². The van der Waals surface area contributed by atoms with Gasteiger partial charge in [-0.25, -0.2) is 0 Å². The number of hydrogen-bond donors (Lipinski definition) is 2. The van der Waals surface area contributed by atoms with Crippen LogP contribution in [0, 0.1) is 0 Å². The van der Waals surface area contributed by atoms with Crippen LogP contribution in [0.1, 0.15) is 23.7 Å². The van der Waals surface area contributed by atoms with Gasteiger partial charge in [-0.1, -0.05) is 35.0 Å². The van der Waals surface area contributed by atoms with Crippen molar-refractivity contribution < 1.29 is 9.90 Å². The van der Waals surface area contributed by atoms with Crippen LogP contribution in [-0.4, -0.2) is 17.6 Å². The number of nitrogen functional groups attached to an aromatic ring is 1. The second kappa shape index (κ2) is 6.63. The summed E-state index contributed by atoms with van der Waals surface area (Å²) in [6.07, 6.45) is 0.789. The van der Waals surface area contributed by atoms with Gasteiger partial charge in [-0.05, 0) is 36.8 Å². The van der Waals surface area contributed by atoms with Gasteiger partial charge in [0.05, 0.1) is 16.9 Å². The third kappa shape index (κ3) is 3.36. The first-order valence-corrected chi connectivity index (χ1v) is 7.48. The highest BCUT2D eigenvalue weighted by Gasteiger charge is 2.21. The number of carbonyl (C=O) groups is 1. The van der Waals surface area contributed by atoms with E-state index < -0.39 is 0 Å². The number of hydrogen-bond acceptors (Lipinski definition) is 3. The predicted octanol–water partition coefficient (Wildman–Crippen LogP) is 3.79. The maximum atomic E-state index is 12.7. The van der Waals surface area contributed by atoms with Gasteiger partial charge in [-0.2, -0.15) is 0 Å². The van der Waals surface area contributed by atoms with Crippen LogP contribution in [0.2, 0.25) is 0 Å². The zero-order chi connectivity index (χ0) is 15.4. The molecule has 1 amide bonds. The number of rotatable bonds is 4. The Balaban J connectivity index is 2.43. The Morgan fingerprint density at radius 3 is 2.62 bits per heavy atom. The molecule has 0 aliphatic heterocycles. The number of amides is 1. The lowest BCUT2D eigenvalue weighted by molar-refractivity contribution is 0.0984. The van der Waals surface area contributed by atoms with Gasteiger partial charge in [0.15, 0.2) is 0 Å². The predicted molar refractivity (Wildman–Crippen MR) is 88.6 cm³/mol. The first-order valence-electron chi connectivity index (χ1n) is 6.69. The Labute approximate surface area is 132 Å². The molecule has 110 valence electrons. The molecule has 3 N–H and O–H groups in total. The molecule has 0 saturated carbocycles. The first kappa shape index (κ1) is 15.4. The van der Waals surface area contributed by atoms with E-state index in [0.717, 1.165) is 10.9 Å². The molecule has 4 nitrogen and oxygen atoms in total. The van der Waals surface area contributed by atoms with E-state index in [0.29, 0.717) is 17.9 Å². The lowest BCUT2D eigenvalue weighted by Gasteiger charge is -2.24. The average molecular weight is 349 g/mol. The second-order valence-corrected chi connectivity index (χ2v) is 5.59. The maximum Gasteiger partial charge on any atom is 0.262 e. The van der Waals surface area contributed by atoms with E-state index in [1.54, 1.807) is 29.2 Å². The quantitative estimate of drug-likeness (QED) is 0.826. The third-order valence-corrected chi connectivity index (χ3v) is 3.60. The van der Waals surface area contributed by atoms with Crippen molar-refractivity contribution in [1.82, 2.24) is 0 Å². The molecule has 5 heteroatoms. The minimum absolute atomic E-state index is 0.0509. The van der Waals surface area contributed by atoms with Gasteiger partial charge in [0, 0.05) is 11.0 Å². The molecule has 0 aromatic heterocycles. The minimum Gasteiger partial charge on any atom is -0.507 e. The number of phenols is 1. The Bertz CT molecular complexity index is 658. The summed E-state index contributed by atoms with van der Waals surface area (Å²) in [5, 5.41) is 9.99. The summed E-state index contributed by atoms with van der Waals surface area (Å²) >= 11 is 3.26. The van der Waals surface area contributed by atoms with Gasteiger partial charge in [0.25, 0.3) is 5.91 Å². The molecule has 21 heavy (non-hydrogen) atoms. The molecule has 0 atom stereocenters. The van der Waals surface area contributed by atoms with Crippen LogP contribution in [0.25, 0.3) is 0 Å². The van der Waals surface area contributed by atoms with Crippen molar-refractivity contribution in [2.45, 2.75) is 13.3 Å². The fourth-order valence-corrected chi connectivity index (χ4v) is 2.47. The van der Waals surface area contributed by atoms with Crippen LogP contribution in [0.5, 0.6) is 5.75 Å². The number of nitrogens with zero attached hydrogens (tertiary/aromatic N) is 1.